The largest absolute Gasteiger partial charge is 0.378 e. The number of anilines is 1. The van der Waals surface area contributed by atoms with Crippen molar-refractivity contribution in [1.82, 2.24) is 24.8 Å². The van der Waals surface area contributed by atoms with Crippen LogP contribution in [0.5, 0.6) is 0 Å². The Morgan fingerprint density at radius 1 is 0.884 bits per heavy atom. The molecule has 228 valence electrons. The Kier molecular flexibility index (Phi) is 11.9. The van der Waals surface area contributed by atoms with Gasteiger partial charge in [0.25, 0.3) is 0 Å². The Balaban J connectivity index is 1.03. The lowest BCUT2D eigenvalue weighted by Gasteiger charge is -2.34. The molecule has 10 nitrogen and oxygen atoms in total. The first-order chi connectivity index (χ1) is 21.2. The Morgan fingerprint density at radius 2 is 1.60 bits per heavy atom. The number of H-pyrrole nitrogens is 1. The molecule has 0 atom stereocenters. The second-order valence-electron chi connectivity index (χ2n) is 10.4. The van der Waals surface area contributed by atoms with Crippen molar-refractivity contribution in [3.8, 4) is 11.3 Å². The van der Waals surface area contributed by atoms with Crippen LogP contribution in [0.1, 0.15) is 11.1 Å². The minimum atomic E-state index is 0.119. The highest BCUT2D eigenvalue weighted by Crippen LogP contribution is 2.28. The number of aromatic nitrogens is 3. The van der Waals surface area contributed by atoms with Gasteiger partial charge in [0.05, 0.1) is 38.4 Å². The van der Waals surface area contributed by atoms with Crippen molar-refractivity contribution in [3.05, 3.63) is 77.1 Å². The van der Waals surface area contributed by atoms with Crippen molar-refractivity contribution in [2.75, 3.05) is 77.7 Å². The normalized spacial score (nSPS) is 14.3. The van der Waals surface area contributed by atoms with E-state index in [2.05, 4.69) is 60.4 Å². The van der Waals surface area contributed by atoms with Crippen LogP contribution in [0.25, 0.3) is 22.3 Å². The van der Waals surface area contributed by atoms with Crippen LogP contribution in [-0.2, 0) is 32.1 Å². The zero-order valence-electron chi connectivity index (χ0n) is 24.3. The summed E-state index contributed by atoms with van der Waals surface area (Å²) in [5.41, 5.74) is 5.24. The van der Waals surface area contributed by atoms with Gasteiger partial charge in [-0.25, -0.2) is 9.97 Å². The third-order valence-corrected chi connectivity index (χ3v) is 7.82. The van der Waals surface area contributed by atoms with E-state index in [4.69, 9.17) is 25.8 Å². The van der Waals surface area contributed by atoms with E-state index in [0.717, 1.165) is 84.2 Å². The Hall–Kier alpha value is -3.38. The van der Waals surface area contributed by atoms with Gasteiger partial charge in [0.2, 0.25) is 0 Å². The minimum Gasteiger partial charge on any atom is -0.378 e. The molecule has 11 heteroatoms. The molecular weight excluding hydrogens is 568 g/mol. The van der Waals surface area contributed by atoms with E-state index in [1.165, 1.54) is 5.56 Å². The molecule has 0 radical (unpaired) electrons. The SMILES string of the molecule is O=CCOCCOCCOCCN1CCN(Cc2ccc(-c3cc4c(NCc5ccccc5Cl)ncnc4[nH]3)cc2)CC1. The smallest absolute Gasteiger partial charge is 0.145 e. The van der Waals surface area contributed by atoms with Gasteiger partial charge in [-0.2, -0.15) is 0 Å². The van der Waals surface area contributed by atoms with E-state index in [1.54, 1.807) is 6.33 Å². The van der Waals surface area contributed by atoms with Gasteiger partial charge in [-0.3, -0.25) is 9.80 Å². The summed E-state index contributed by atoms with van der Waals surface area (Å²) in [6, 6.07) is 18.7. The highest BCUT2D eigenvalue weighted by atomic mass is 35.5. The van der Waals surface area contributed by atoms with Crippen LogP contribution in [0.2, 0.25) is 5.02 Å². The lowest BCUT2D eigenvalue weighted by molar-refractivity contribution is -0.112. The Labute approximate surface area is 257 Å². The number of benzene rings is 2. The van der Waals surface area contributed by atoms with Gasteiger partial charge in [0.15, 0.2) is 0 Å². The molecule has 0 spiro atoms. The lowest BCUT2D eigenvalue weighted by atomic mass is 10.1. The van der Waals surface area contributed by atoms with Crippen molar-refractivity contribution < 1.29 is 19.0 Å². The number of carbonyl (C=O) groups is 1. The second kappa shape index (κ2) is 16.5. The number of rotatable bonds is 17. The van der Waals surface area contributed by atoms with E-state index in [-0.39, 0.29) is 6.61 Å². The summed E-state index contributed by atoms with van der Waals surface area (Å²) < 4.78 is 16.2. The van der Waals surface area contributed by atoms with Crippen LogP contribution in [0.3, 0.4) is 0 Å². The van der Waals surface area contributed by atoms with E-state index in [0.29, 0.717) is 39.6 Å². The summed E-state index contributed by atoms with van der Waals surface area (Å²) in [4.78, 5) is 27.5. The monoisotopic (exact) mass is 606 g/mol. The molecule has 43 heavy (non-hydrogen) atoms. The molecule has 1 aliphatic heterocycles. The first-order valence-electron chi connectivity index (χ1n) is 14.7. The molecule has 1 aliphatic rings. The van der Waals surface area contributed by atoms with E-state index < -0.39 is 0 Å². The number of piperazine rings is 1. The second-order valence-corrected chi connectivity index (χ2v) is 10.8. The number of aromatic amines is 1. The zero-order valence-corrected chi connectivity index (χ0v) is 25.1. The van der Waals surface area contributed by atoms with Crippen molar-refractivity contribution in [2.45, 2.75) is 13.1 Å². The predicted molar refractivity (Wildman–Crippen MR) is 168 cm³/mol. The fourth-order valence-electron chi connectivity index (χ4n) is 5.04. The van der Waals surface area contributed by atoms with Gasteiger partial charge < -0.3 is 29.3 Å². The molecule has 2 aromatic heterocycles. The van der Waals surface area contributed by atoms with Crippen molar-refractivity contribution in [1.29, 1.82) is 0 Å². The maximum atomic E-state index is 10.2. The van der Waals surface area contributed by atoms with Gasteiger partial charge in [-0.15, -0.1) is 0 Å². The molecule has 5 rings (SSSR count). The van der Waals surface area contributed by atoms with Crippen molar-refractivity contribution in [3.63, 3.8) is 0 Å². The third kappa shape index (κ3) is 9.30. The molecule has 0 unspecified atom stereocenters. The Morgan fingerprint density at radius 3 is 2.37 bits per heavy atom. The number of ether oxygens (including phenoxy) is 3. The number of nitrogens with zero attached hydrogens (tertiary/aromatic N) is 4. The predicted octanol–water partition coefficient (Wildman–Crippen LogP) is 4.26. The number of aldehydes is 1. The first-order valence-corrected chi connectivity index (χ1v) is 15.1. The standard InChI is InChI=1S/C32H39ClN6O4/c33-29-4-2-1-3-27(29)22-34-31-28-21-30(37-32(28)36-24-35-31)26-7-5-25(6-8-26)23-39-11-9-38(10-12-39)13-15-41-17-19-43-20-18-42-16-14-40/h1-8,14,21,24H,9-13,15-20,22-23H2,(H2,34,35,36,37). The zero-order chi connectivity index (χ0) is 29.7. The van der Waals surface area contributed by atoms with Gasteiger partial charge in [-0.05, 0) is 28.8 Å². The summed E-state index contributed by atoms with van der Waals surface area (Å²) in [5.74, 6) is 0.776. The highest BCUT2D eigenvalue weighted by molar-refractivity contribution is 6.31. The minimum absolute atomic E-state index is 0.119. The third-order valence-electron chi connectivity index (χ3n) is 7.45. The van der Waals surface area contributed by atoms with Crippen LogP contribution in [0.15, 0.2) is 60.9 Å². The topological polar surface area (TPSA) is 105 Å². The number of halogens is 1. The molecule has 0 amide bonds. The summed E-state index contributed by atoms with van der Waals surface area (Å²) in [6.07, 6.45) is 2.31. The van der Waals surface area contributed by atoms with Gasteiger partial charge in [0, 0.05) is 56.5 Å². The summed E-state index contributed by atoms with van der Waals surface area (Å²) in [5, 5.41) is 5.09. The average molecular weight is 607 g/mol. The summed E-state index contributed by atoms with van der Waals surface area (Å²) >= 11 is 6.32. The molecule has 0 bridgehead atoms. The van der Waals surface area contributed by atoms with E-state index in [1.807, 2.05) is 24.3 Å². The van der Waals surface area contributed by atoms with Crippen LogP contribution < -0.4 is 5.32 Å². The molecule has 1 saturated heterocycles. The average Bonchev–Trinajstić information content (AvgIpc) is 3.48. The lowest BCUT2D eigenvalue weighted by Crippen LogP contribution is -2.46. The molecular formula is C32H39ClN6O4. The van der Waals surface area contributed by atoms with Crippen LogP contribution in [0.4, 0.5) is 5.82 Å². The summed E-state index contributed by atoms with van der Waals surface area (Å²) in [7, 11) is 0. The van der Waals surface area contributed by atoms with Crippen molar-refractivity contribution in [2.24, 2.45) is 0 Å². The molecule has 3 heterocycles. The van der Waals surface area contributed by atoms with Gasteiger partial charge >= 0.3 is 0 Å². The van der Waals surface area contributed by atoms with Crippen LogP contribution >= 0.6 is 11.6 Å². The molecule has 2 aromatic carbocycles. The number of hydrogen-bond donors (Lipinski definition) is 2. The fourth-order valence-corrected chi connectivity index (χ4v) is 5.24. The number of fused-ring (bicyclic) bond motifs is 1. The fraction of sp³-hybridized carbons (Fsp3) is 0.406. The van der Waals surface area contributed by atoms with E-state index in [9.17, 15) is 4.79 Å². The number of hydrogen-bond acceptors (Lipinski definition) is 9. The molecule has 2 N–H and O–H groups in total. The quantitative estimate of drug-likeness (QED) is 0.135. The molecule has 0 saturated carbocycles. The van der Waals surface area contributed by atoms with Crippen molar-refractivity contribution >= 4 is 34.7 Å². The maximum Gasteiger partial charge on any atom is 0.145 e. The molecule has 0 aliphatic carbocycles. The number of nitrogens with one attached hydrogen (secondary N) is 2. The molecule has 4 aromatic rings. The van der Waals surface area contributed by atoms with Gasteiger partial charge in [0.1, 0.15) is 30.7 Å². The van der Waals surface area contributed by atoms with Crippen LogP contribution in [0, 0.1) is 0 Å². The number of carbonyl (C=O) groups excluding carboxylic acids is 1. The van der Waals surface area contributed by atoms with Crippen LogP contribution in [-0.4, -0.2) is 103 Å². The Bertz CT molecular complexity index is 1430. The maximum absolute atomic E-state index is 10.2. The first kappa shape index (κ1) is 31.1. The summed E-state index contributed by atoms with van der Waals surface area (Å²) in [6.45, 7) is 9.42. The highest BCUT2D eigenvalue weighted by Gasteiger charge is 2.17. The van der Waals surface area contributed by atoms with Gasteiger partial charge in [-0.1, -0.05) is 54.1 Å². The van der Waals surface area contributed by atoms with E-state index >= 15 is 0 Å². The molecule has 1 fully saturated rings.